The fourth-order valence-electron chi connectivity index (χ4n) is 1.65. The lowest BCUT2D eigenvalue weighted by Crippen LogP contribution is -2.26. The summed E-state index contributed by atoms with van der Waals surface area (Å²) in [5.74, 6) is -0.701. The molecule has 1 aromatic heterocycles. The number of rotatable bonds is 3. The molecule has 2 rings (SSSR count). The highest BCUT2D eigenvalue weighted by Crippen LogP contribution is 2.24. The smallest absolute Gasteiger partial charge is 0.274 e. The minimum Gasteiger partial charge on any atom is -0.494 e. The van der Waals surface area contributed by atoms with Gasteiger partial charge in [-0.05, 0) is 18.2 Å². The highest BCUT2D eigenvalue weighted by Gasteiger charge is 2.16. The number of ether oxygens (including phenoxy) is 1. The monoisotopic (exact) mass is 282 g/mol. The van der Waals surface area contributed by atoms with Crippen molar-refractivity contribution in [3.05, 3.63) is 47.0 Å². The first-order valence-electron chi connectivity index (χ1n) is 5.48. The minimum absolute atomic E-state index is 0.132. The van der Waals surface area contributed by atoms with E-state index in [1.807, 2.05) is 0 Å². The van der Waals surface area contributed by atoms with Crippen molar-refractivity contribution in [1.82, 2.24) is 4.98 Å². The van der Waals surface area contributed by atoms with E-state index in [1.165, 1.54) is 36.4 Å². The first-order valence-corrected chi connectivity index (χ1v) is 5.86. The van der Waals surface area contributed by atoms with Crippen LogP contribution < -0.4 is 9.64 Å². The van der Waals surface area contributed by atoms with E-state index >= 15 is 0 Å². The van der Waals surface area contributed by atoms with E-state index in [1.54, 1.807) is 13.1 Å². The van der Waals surface area contributed by atoms with Crippen LogP contribution >= 0.6 is 11.6 Å². The Kier molecular flexibility index (Phi) is 3.76. The number of hydrogen-bond donors (Lipinski definition) is 1. The van der Waals surface area contributed by atoms with Crippen molar-refractivity contribution in [2.75, 3.05) is 19.1 Å². The number of nitrogens with one attached hydrogen (secondary N) is 1. The maximum atomic E-state index is 13.6. The lowest BCUT2D eigenvalue weighted by atomic mass is 10.2. The van der Waals surface area contributed by atoms with Gasteiger partial charge >= 0.3 is 0 Å². The molecule has 0 unspecified atom stereocenters. The van der Waals surface area contributed by atoms with Crippen molar-refractivity contribution in [2.45, 2.75) is 0 Å². The molecule has 1 aromatic carbocycles. The summed E-state index contributed by atoms with van der Waals surface area (Å²) in [6.45, 7) is 0. The van der Waals surface area contributed by atoms with Gasteiger partial charge in [0.2, 0.25) is 0 Å². The number of carbonyl (C=O) groups excluding carboxylic acids is 1. The Morgan fingerprint density at radius 2 is 2.16 bits per heavy atom. The van der Waals surface area contributed by atoms with Gasteiger partial charge in [-0.3, -0.25) is 4.79 Å². The molecule has 0 bridgehead atoms. The van der Waals surface area contributed by atoms with Gasteiger partial charge < -0.3 is 14.6 Å². The second-order valence-electron chi connectivity index (χ2n) is 3.91. The van der Waals surface area contributed by atoms with Gasteiger partial charge in [0.25, 0.3) is 5.91 Å². The van der Waals surface area contributed by atoms with E-state index in [-0.39, 0.29) is 11.7 Å². The van der Waals surface area contributed by atoms with Crippen LogP contribution in [0.3, 0.4) is 0 Å². The van der Waals surface area contributed by atoms with Crippen LogP contribution in [0.1, 0.15) is 10.5 Å². The summed E-state index contributed by atoms with van der Waals surface area (Å²) in [5.41, 5.74) is 0.762. The fraction of sp³-hybridized carbons (Fsp3) is 0.154. The molecule has 0 fully saturated rings. The third kappa shape index (κ3) is 2.71. The van der Waals surface area contributed by atoms with Crippen LogP contribution in [0.15, 0.2) is 30.5 Å². The van der Waals surface area contributed by atoms with E-state index in [2.05, 4.69) is 4.98 Å². The second-order valence-corrected chi connectivity index (χ2v) is 4.35. The van der Waals surface area contributed by atoms with Crippen molar-refractivity contribution < 1.29 is 13.9 Å². The van der Waals surface area contributed by atoms with E-state index < -0.39 is 5.82 Å². The number of hydrogen-bond acceptors (Lipinski definition) is 2. The Balaban J connectivity index is 2.26. The number of anilines is 1. The van der Waals surface area contributed by atoms with Crippen LogP contribution in [0.2, 0.25) is 5.02 Å². The van der Waals surface area contributed by atoms with Crippen molar-refractivity contribution in [3.63, 3.8) is 0 Å². The maximum Gasteiger partial charge on any atom is 0.274 e. The lowest BCUT2D eigenvalue weighted by molar-refractivity contribution is 0.0989. The molecule has 19 heavy (non-hydrogen) atoms. The Morgan fingerprint density at radius 1 is 1.42 bits per heavy atom. The molecule has 6 heteroatoms. The van der Waals surface area contributed by atoms with Gasteiger partial charge in [-0.25, -0.2) is 4.39 Å². The Hall–Kier alpha value is -2.01. The average molecular weight is 283 g/mol. The predicted molar refractivity (Wildman–Crippen MR) is 71.5 cm³/mol. The van der Waals surface area contributed by atoms with Crippen LogP contribution in [0, 0.1) is 5.82 Å². The summed E-state index contributed by atoms with van der Waals surface area (Å²) in [6, 6.07) is 5.82. The van der Waals surface area contributed by atoms with Crippen molar-refractivity contribution in [2.24, 2.45) is 0 Å². The molecule has 0 atom stereocenters. The molecular weight excluding hydrogens is 271 g/mol. The lowest BCUT2D eigenvalue weighted by Gasteiger charge is -2.17. The number of nitrogens with zero attached hydrogens (tertiary/aromatic N) is 1. The van der Waals surface area contributed by atoms with Crippen LogP contribution in [0.5, 0.6) is 5.75 Å². The first-order chi connectivity index (χ1) is 9.02. The molecule has 0 saturated carbocycles. The van der Waals surface area contributed by atoms with Crippen molar-refractivity contribution in [3.8, 4) is 5.75 Å². The predicted octanol–water partition coefficient (Wildman–Crippen LogP) is 3.09. The van der Waals surface area contributed by atoms with Gasteiger partial charge in [0.05, 0.1) is 12.1 Å². The number of amides is 1. The molecule has 1 N–H and O–H groups in total. The molecule has 1 heterocycles. The summed E-state index contributed by atoms with van der Waals surface area (Å²) < 4.78 is 18.4. The zero-order valence-electron chi connectivity index (χ0n) is 10.4. The van der Waals surface area contributed by atoms with E-state index in [9.17, 15) is 9.18 Å². The fourth-order valence-corrected chi connectivity index (χ4v) is 1.82. The van der Waals surface area contributed by atoms with Gasteiger partial charge in [-0.15, -0.1) is 0 Å². The Bertz CT molecular complexity index is 612. The molecule has 0 aliphatic heterocycles. The zero-order chi connectivity index (χ0) is 14.0. The summed E-state index contributed by atoms with van der Waals surface area (Å²) in [5, 5.41) is 0.442. The number of carbonyl (C=O) groups is 1. The van der Waals surface area contributed by atoms with Gasteiger partial charge in [0, 0.05) is 25.0 Å². The molecule has 0 aliphatic rings. The number of H-pyrrole nitrogens is 1. The molecule has 0 radical (unpaired) electrons. The summed E-state index contributed by atoms with van der Waals surface area (Å²) in [6.07, 6.45) is 1.51. The molecule has 4 nitrogen and oxygen atoms in total. The summed E-state index contributed by atoms with van der Waals surface area (Å²) in [7, 11) is 2.94. The van der Waals surface area contributed by atoms with Gasteiger partial charge in [0.1, 0.15) is 5.69 Å². The number of halogens is 2. The first kappa shape index (κ1) is 13.4. The standard InChI is InChI=1S/C13H12ClFN2O2/c1-17(13(18)11-5-8(14)7-16-11)9-3-4-12(19-2)10(15)6-9/h3-7,16H,1-2H3. The minimum atomic E-state index is -0.524. The zero-order valence-corrected chi connectivity index (χ0v) is 11.2. The van der Waals surface area contributed by atoms with Crippen LogP contribution in [-0.4, -0.2) is 25.0 Å². The maximum absolute atomic E-state index is 13.6. The number of methoxy groups -OCH3 is 1. The van der Waals surface area contributed by atoms with Crippen LogP contribution in [0.4, 0.5) is 10.1 Å². The van der Waals surface area contributed by atoms with E-state index in [0.29, 0.717) is 16.4 Å². The Labute approximate surface area is 114 Å². The highest BCUT2D eigenvalue weighted by atomic mass is 35.5. The second kappa shape index (κ2) is 5.32. The summed E-state index contributed by atoms with van der Waals surface area (Å²) in [4.78, 5) is 16.2. The average Bonchev–Trinajstić information content (AvgIpc) is 2.83. The molecule has 100 valence electrons. The van der Waals surface area contributed by atoms with E-state index in [4.69, 9.17) is 16.3 Å². The molecule has 0 aliphatic carbocycles. The highest BCUT2D eigenvalue weighted by molar-refractivity contribution is 6.31. The molecule has 2 aromatic rings. The van der Waals surface area contributed by atoms with Crippen LogP contribution in [-0.2, 0) is 0 Å². The quantitative estimate of drug-likeness (QED) is 0.940. The topological polar surface area (TPSA) is 45.3 Å². The van der Waals surface area contributed by atoms with Gasteiger partial charge in [-0.2, -0.15) is 0 Å². The SMILES string of the molecule is COc1ccc(N(C)C(=O)c2cc(Cl)c[nH]2)cc1F. The molecule has 0 spiro atoms. The van der Waals surface area contributed by atoms with E-state index in [0.717, 1.165) is 0 Å². The molecular formula is C13H12ClFN2O2. The third-order valence-corrected chi connectivity index (χ3v) is 2.92. The van der Waals surface area contributed by atoms with Crippen molar-refractivity contribution >= 4 is 23.2 Å². The van der Waals surface area contributed by atoms with Crippen molar-refractivity contribution in [1.29, 1.82) is 0 Å². The van der Waals surface area contributed by atoms with Crippen LogP contribution in [0.25, 0.3) is 0 Å². The largest absolute Gasteiger partial charge is 0.494 e. The van der Waals surface area contributed by atoms with Gasteiger partial charge in [-0.1, -0.05) is 11.6 Å². The molecule has 0 saturated heterocycles. The van der Waals surface area contributed by atoms with Gasteiger partial charge in [0.15, 0.2) is 11.6 Å². The normalized spacial score (nSPS) is 10.3. The number of aromatic nitrogens is 1. The summed E-state index contributed by atoms with van der Waals surface area (Å²) >= 11 is 5.74. The Morgan fingerprint density at radius 3 is 2.68 bits per heavy atom. The molecule has 1 amide bonds. The number of benzene rings is 1. The third-order valence-electron chi connectivity index (χ3n) is 2.71. The number of aromatic amines is 1.